The van der Waals surface area contributed by atoms with E-state index in [2.05, 4.69) is 0 Å². The molecule has 0 aliphatic rings. The molecule has 0 saturated carbocycles. The van der Waals surface area contributed by atoms with Crippen LogP contribution in [0, 0.1) is 15.9 Å². The molecule has 0 aromatic heterocycles. The normalized spacial score (nSPS) is 9.73. The number of carbonyl (C=O) groups excluding carboxylic acids is 2. The molecule has 0 radical (unpaired) electrons. The zero-order valence-corrected chi connectivity index (χ0v) is 7.69. The molecule has 0 N–H and O–H groups in total. The molecule has 1 aromatic rings. The first-order chi connectivity index (χ1) is 6.97. The van der Waals surface area contributed by atoms with Gasteiger partial charge in [0.1, 0.15) is 5.82 Å². The number of ketones is 1. The number of Topliss-reactive ketones (excluding diaryl/α,β-unsaturated/α-hetero) is 1. The predicted octanol–water partition coefficient (Wildman–Crippen LogP) is 1.75. The Kier molecular flexibility index (Phi) is 2.89. The summed E-state index contributed by atoms with van der Waals surface area (Å²) in [7, 11) is 0. The molecular weight excluding hydrogens is 205 g/mol. The highest BCUT2D eigenvalue weighted by molar-refractivity contribution is 5.99. The first kappa shape index (κ1) is 11.0. The summed E-state index contributed by atoms with van der Waals surface area (Å²) in [5.74, 6) is -1.61. The predicted molar refractivity (Wildman–Crippen MR) is 48.4 cm³/mol. The lowest BCUT2D eigenvalue weighted by atomic mass is 10.1. The van der Waals surface area contributed by atoms with Crippen LogP contribution in [0.1, 0.15) is 27.6 Å². The van der Waals surface area contributed by atoms with Crippen LogP contribution in [0.15, 0.2) is 12.1 Å². The molecule has 0 spiro atoms. The third kappa shape index (κ3) is 2.04. The summed E-state index contributed by atoms with van der Waals surface area (Å²) in [6.07, 6.45) is 0.200. The van der Waals surface area contributed by atoms with E-state index < -0.39 is 22.2 Å². The molecule has 1 aromatic carbocycles. The summed E-state index contributed by atoms with van der Waals surface area (Å²) in [5, 5.41) is 10.5. The second kappa shape index (κ2) is 3.95. The summed E-state index contributed by atoms with van der Waals surface area (Å²) < 4.78 is 13.0. The summed E-state index contributed by atoms with van der Waals surface area (Å²) >= 11 is 0. The molecule has 1 rings (SSSR count). The molecule has 6 heteroatoms. The van der Waals surface area contributed by atoms with E-state index in [0.717, 1.165) is 13.0 Å². The molecule has 15 heavy (non-hydrogen) atoms. The van der Waals surface area contributed by atoms with Crippen LogP contribution in [0.5, 0.6) is 0 Å². The highest BCUT2D eigenvalue weighted by atomic mass is 19.1. The van der Waals surface area contributed by atoms with Crippen LogP contribution in [0.4, 0.5) is 10.1 Å². The van der Waals surface area contributed by atoms with Crippen LogP contribution < -0.4 is 0 Å². The van der Waals surface area contributed by atoms with Gasteiger partial charge < -0.3 is 0 Å². The van der Waals surface area contributed by atoms with Gasteiger partial charge in [0.05, 0.1) is 22.1 Å². The number of hydrogen-bond donors (Lipinski definition) is 0. The highest BCUT2D eigenvalue weighted by Crippen LogP contribution is 2.22. The summed E-state index contributed by atoms with van der Waals surface area (Å²) in [4.78, 5) is 31.0. The molecule has 0 atom stereocenters. The number of nitrogens with zero attached hydrogens (tertiary/aromatic N) is 1. The van der Waals surface area contributed by atoms with Crippen molar-refractivity contribution in [3.8, 4) is 0 Å². The molecule has 0 heterocycles. The van der Waals surface area contributed by atoms with Crippen LogP contribution in [0.2, 0.25) is 0 Å². The van der Waals surface area contributed by atoms with E-state index in [4.69, 9.17) is 0 Å². The largest absolute Gasteiger partial charge is 0.298 e. The first-order valence-corrected chi connectivity index (χ1v) is 3.91. The van der Waals surface area contributed by atoms with Gasteiger partial charge in [-0.15, -0.1) is 0 Å². The lowest BCUT2D eigenvalue weighted by Crippen LogP contribution is -2.03. The molecular formula is C9H6FNO4. The van der Waals surface area contributed by atoms with Crippen LogP contribution in [-0.2, 0) is 0 Å². The number of benzene rings is 1. The maximum atomic E-state index is 13.0. The van der Waals surface area contributed by atoms with Gasteiger partial charge in [0.25, 0.3) is 5.69 Å². The molecule has 78 valence electrons. The standard InChI is InChI=1S/C9H6FNO4/c1-5(13)7-2-6(4-12)8(10)3-9(7)11(14)15/h2-4H,1H3. The van der Waals surface area contributed by atoms with Crippen LogP contribution >= 0.6 is 0 Å². The molecule has 0 aliphatic carbocycles. The Balaban J connectivity index is 3.52. The van der Waals surface area contributed by atoms with Crippen molar-refractivity contribution in [1.29, 1.82) is 0 Å². The molecule has 5 nitrogen and oxygen atoms in total. The molecule has 0 fully saturated rings. The fourth-order valence-corrected chi connectivity index (χ4v) is 1.10. The van der Waals surface area contributed by atoms with Crippen molar-refractivity contribution in [3.63, 3.8) is 0 Å². The quantitative estimate of drug-likeness (QED) is 0.330. The topological polar surface area (TPSA) is 77.3 Å². The monoisotopic (exact) mass is 211 g/mol. The molecule has 0 saturated heterocycles. The molecule has 0 bridgehead atoms. The highest BCUT2D eigenvalue weighted by Gasteiger charge is 2.20. The van der Waals surface area contributed by atoms with Crippen molar-refractivity contribution in [2.75, 3.05) is 0 Å². The second-order valence-corrected chi connectivity index (χ2v) is 2.82. The maximum Gasteiger partial charge on any atom is 0.283 e. The van der Waals surface area contributed by atoms with Crippen molar-refractivity contribution in [2.24, 2.45) is 0 Å². The van der Waals surface area contributed by atoms with E-state index >= 15 is 0 Å². The van der Waals surface area contributed by atoms with E-state index in [0.29, 0.717) is 6.07 Å². The zero-order chi connectivity index (χ0) is 11.6. The number of halogens is 1. The van der Waals surface area contributed by atoms with E-state index in [-0.39, 0.29) is 17.4 Å². The van der Waals surface area contributed by atoms with Crippen molar-refractivity contribution in [1.82, 2.24) is 0 Å². The summed E-state index contributed by atoms with van der Waals surface area (Å²) in [5.41, 5.74) is -1.28. The minimum absolute atomic E-state index is 0.200. The number of nitro benzene ring substituents is 1. The average molecular weight is 211 g/mol. The fraction of sp³-hybridized carbons (Fsp3) is 0.111. The SMILES string of the molecule is CC(=O)c1cc(C=O)c(F)cc1[N+](=O)[O-]. The molecule has 0 amide bonds. The van der Waals surface area contributed by atoms with E-state index in [9.17, 15) is 24.1 Å². The third-order valence-corrected chi connectivity index (χ3v) is 1.82. The number of hydrogen-bond acceptors (Lipinski definition) is 4. The van der Waals surface area contributed by atoms with Crippen LogP contribution in [0.25, 0.3) is 0 Å². The maximum absolute atomic E-state index is 13.0. The second-order valence-electron chi connectivity index (χ2n) is 2.82. The Morgan fingerprint density at radius 3 is 2.53 bits per heavy atom. The van der Waals surface area contributed by atoms with Crippen molar-refractivity contribution >= 4 is 17.8 Å². The van der Waals surface area contributed by atoms with E-state index in [1.807, 2.05) is 0 Å². The number of carbonyl (C=O) groups is 2. The average Bonchev–Trinajstić information content (AvgIpc) is 2.16. The smallest absolute Gasteiger partial charge is 0.283 e. The Labute approximate surface area is 83.7 Å². The summed E-state index contributed by atoms with van der Waals surface area (Å²) in [6.45, 7) is 1.11. The van der Waals surface area contributed by atoms with Gasteiger partial charge >= 0.3 is 0 Å². The van der Waals surface area contributed by atoms with Crippen molar-refractivity contribution in [2.45, 2.75) is 6.92 Å². The van der Waals surface area contributed by atoms with Gasteiger partial charge in [-0.25, -0.2) is 4.39 Å². The van der Waals surface area contributed by atoms with Gasteiger partial charge in [0.2, 0.25) is 0 Å². The van der Waals surface area contributed by atoms with Crippen LogP contribution in [-0.4, -0.2) is 17.0 Å². The van der Waals surface area contributed by atoms with Gasteiger partial charge in [-0.2, -0.15) is 0 Å². The minimum Gasteiger partial charge on any atom is -0.298 e. The van der Waals surface area contributed by atoms with Gasteiger partial charge in [-0.05, 0) is 13.0 Å². The van der Waals surface area contributed by atoms with Crippen molar-refractivity contribution in [3.05, 3.63) is 39.2 Å². The summed E-state index contributed by atoms with van der Waals surface area (Å²) in [6, 6.07) is 1.45. The van der Waals surface area contributed by atoms with Crippen molar-refractivity contribution < 1.29 is 18.9 Å². The number of aldehydes is 1. The van der Waals surface area contributed by atoms with Gasteiger partial charge in [0, 0.05) is 0 Å². The fourth-order valence-electron chi connectivity index (χ4n) is 1.10. The van der Waals surface area contributed by atoms with E-state index in [1.54, 1.807) is 0 Å². The molecule has 0 aliphatic heterocycles. The Morgan fingerprint density at radius 2 is 2.13 bits per heavy atom. The van der Waals surface area contributed by atoms with E-state index in [1.165, 1.54) is 0 Å². The molecule has 0 unspecified atom stereocenters. The Hall–Kier alpha value is -2.11. The first-order valence-electron chi connectivity index (χ1n) is 3.91. The van der Waals surface area contributed by atoms with Gasteiger partial charge in [0.15, 0.2) is 12.1 Å². The lowest BCUT2D eigenvalue weighted by Gasteiger charge is -2.00. The third-order valence-electron chi connectivity index (χ3n) is 1.82. The lowest BCUT2D eigenvalue weighted by molar-refractivity contribution is -0.385. The number of rotatable bonds is 3. The van der Waals surface area contributed by atoms with Crippen LogP contribution in [0.3, 0.4) is 0 Å². The zero-order valence-electron chi connectivity index (χ0n) is 7.69. The minimum atomic E-state index is -1.01. The Bertz CT molecular complexity index is 456. The Morgan fingerprint density at radius 1 is 1.53 bits per heavy atom. The van der Waals surface area contributed by atoms with Gasteiger partial charge in [-0.1, -0.05) is 0 Å². The van der Waals surface area contributed by atoms with Gasteiger partial charge in [-0.3, -0.25) is 19.7 Å². The number of nitro groups is 1.